The first kappa shape index (κ1) is 29.5. The van der Waals surface area contributed by atoms with Gasteiger partial charge in [-0.05, 0) is 88.3 Å². The minimum absolute atomic E-state index is 0.140. The monoisotopic (exact) mass is 599 g/mol. The van der Waals surface area contributed by atoms with Gasteiger partial charge in [0.25, 0.3) is 0 Å². The number of aryl methyl sites for hydroxylation is 1. The lowest BCUT2D eigenvalue weighted by Crippen LogP contribution is -2.36. The van der Waals surface area contributed by atoms with Crippen molar-refractivity contribution in [2.45, 2.75) is 49.2 Å². The number of fused-ring (bicyclic) bond motifs is 1. The Labute approximate surface area is 242 Å². The van der Waals surface area contributed by atoms with E-state index in [0.29, 0.717) is 28.0 Å². The average molecular weight is 600 g/mol. The van der Waals surface area contributed by atoms with Crippen molar-refractivity contribution in [1.82, 2.24) is 14.6 Å². The molecule has 1 aliphatic heterocycles. The maximum absolute atomic E-state index is 13.5. The van der Waals surface area contributed by atoms with Crippen LogP contribution in [0, 0.1) is 18.8 Å². The summed E-state index contributed by atoms with van der Waals surface area (Å²) in [5, 5.41) is 11.1. The highest BCUT2D eigenvalue weighted by Gasteiger charge is 2.30. The molecule has 0 bridgehead atoms. The lowest BCUT2D eigenvalue weighted by atomic mass is 10.0. The Balaban J connectivity index is 1.30. The number of sulfone groups is 1. The van der Waals surface area contributed by atoms with Crippen molar-refractivity contribution in [1.29, 1.82) is 0 Å². The van der Waals surface area contributed by atoms with Crippen LogP contribution in [0.5, 0.6) is 0 Å². The summed E-state index contributed by atoms with van der Waals surface area (Å²) in [6.07, 6.45) is -2.49. The van der Waals surface area contributed by atoms with Gasteiger partial charge in [0.1, 0.15) is 18.1 Å². The molecule has 2 aromatic carbocycles. The summed E-state index contributed by atoms with van der Waals surface area (Å²) in [4.78, 5) is 2.40. The van der Waals surface area contributed by atoms with Crippen molar-refractivity contribution in [3.05, 3.63) is 71.7 Å². The predicted molar refractivity (Wildman–Crippen MR) is 156 cm³/mol. The molecule has 5 rings (SSSR count). The molecule has 0 radical (unpaired) electrons. The molecule has 2 N–H and O–H groups in total. The number of piperidine rings is 1. The van der Waals surface area contributed by atoms with Crippen LogP contribution in [0.4, 0.5) is 24.5 Å². The fourth-order valence-corrected chi connectivity index (χ4v) is 6.30. The van der Waals surface area contributed by atoms with Crippen LogP contribution in [0.3, 0.4) is 0 Å². The maximum atomic E-state index is 13.5. The Morgan fingerprint density at radius 3 is 2.50 bits per heavy atom. The van der Waals surface area contributed by atoms with Crippen LogP contribution < -0.4 is 10.6 Å². The highest BCUT2D eigenvalue weighted by atomic mass is 32.2. The first-order valence-electron chi connectivity index (χ1n) is 13.6. The number of halogens is 3. The lowest BCUT2D eigenvalue weighted by Gasteiger charge is -2.30. The smallest absolute Gasteiger partial charge is 0.382 e. The van der Waals surface area contributed by atoms with Gasteiger partial charge < -0.3 is 24.6 Å². The van der Waals surface area contributed by atoms with Crippen molar-refractivity contribution >= 4 is 32.1 Å². The molecule has 222 valence electrons. The lowest BCUT2D eigenvalue weighted by molar-refractivity contribution is -0.140. The number of nitrogens with zero attached hydrogens (tertiary/aromatic N) is 3. The standard InChI is InChI=1S/C30H32F3N5O3S/c1-21-17-24(36-41-21)19-42(39,40)26-10-8-22(9-11-26)34-14-4-5-25-18-27-28(35-23-12-15-37(2)16-13-23)6-3-7-29(27)38(25)20-30(31,32)33/h3,6-11,17-18,23,34-35H,12-16,19-20H2,1-2H3. The van der Waals surface area contributed by atoms with Crippen molar-refractivity contribution in [2.24, 2.45) is 0 Å². The minimum Gasteiger partial charge on any atom is -0.382 e. The van der Waals surface area contributed by atoms with E-state index in [1.54, 1.807) is 43.3 Å². The summed E-state index contributed by atoms with van der Waals surface area (Å²) >= 11 is 0. The van der Waals surface area contributed by atoms with Gasteiger partial charge >= 0.3 is 6.18 Å². The summed E-state index contributed by atoms with van der Waals surface area (Å²) in [7, 11) is -1.53. The van der Waals surface area contributed by atoms with E-state index in [1.807, 2.05) is 6.07 Å². The number of alkyl halides is 3. The van der Waals surface area contributed by atoms with Crippen molar-refractivity contribution < 1.29 is 26.1 Å². The molecule has 0 spiro atoms. The summed E-state index contributed by atoms with van der Waals surface area (Å²) in [5.41, 5.74) is 2.50. The second-order valence-electron chi connectivity index (χ2n) is 10.6. The quantitative estimate of drug-likeness (QED) is 0.261. The number of nitrogens with one attached hydrogen (secondary N) is 2. The molecule has 1 fully saturated rings. The fourth-order valence-electron chi connectivity index (χ4n) is 5.06. The van der Waals surface area contributed by atoms with E-state index in [1.165, 1.54) is 16.7 Å². The highest BCUT2D eigenvalue weighted by molar-refractivity contribution is 7.90. The Bertz CT molecular complexity index is 1710. The van der Waals surface area contributed by atoms with E-state index in [4.69, 9.17) is 4.52 Å². The number of hydrogen-bond donors (Lipinski definition) is 2. The molecule has 4 aromatic rings. The van der Waals surface area contributed by atoms with Gasteiger partial charge in [0.15, 0.2) is 9.84 Å². The first-order chi connectivity index (χ1) is 20.0. The van der Waals surface area contributed by atoms with E-state index in [0.717, 1.165) is 31.6 Å². The molecule has 42 heavy (non-hydrogen) atoms. The Hall–Kier alpha value is -3.95. The maximum Gasteiger partial charge on any atom is 0.406 e. The van der Waals surface area contributed by atoms with Gasteiger partial charge in [-0.25, -0.2) is 8.42 Å². The fraction of sp³-hybridized carbons (Fsp3) is 0.367. The predicted octanol–water partition coefficient (Wildman–Crippen LogP) is 5.44. The van der Waals surface area contributed by atoms with Gasteiger partial charge in [0, 0.05) is 28.9 Å². The molecule has 0 unspecified atom stereocenters. The number of anilines is 2. The summed E-state index contributed by atoms with van der Waals surface area (Å²) in [5.74, 6) is 6.07. The molecule has 1 aliphatic rings. The van der Waals surface area contributed by atoms with Crippen molar-refractivity contribution in [3.63, 3.8) is 0 Å². The SMILES string of the molecule is Cc1cc(CS(=O)(=O)c2ccc(NCC#Cc3cc4c(NC5CCN(C)CC5)cccc4n3CC(F)(F)F)cc2)no1. The van der Waals surface area contributed by atoms with Crippen LogP contribution in [-0.4, -0.2) is 61.9 Å². The van der Waals surface area contributed by atoms with E-state index in [9.17, 15) is 21.6 Å². The van der Waals surface area contributed by atoms with Gasteiger partial charge in [-0.1, -0.05) is 17.1 Å². The zero-order valence-electron chi connectivity index (χ0n) is 23.3. The van der Waals surface area contributed by atoms with E-state index < -0.39 is 22.6 Å². The summed E-state index contributed by atoms with van der Waals surface area (Å²) in [6, 6.07) is 15.1. The normalized spacial score (nSPS) is 15.0. The molecule has 1 saturated heterocycles. The molecule has 3 heterocycles. The van der Waals surface area contributed by atoms with Crippen LogP contribution in [0.25, 0.3) is 10.9 Å². The topological polar surface area (TPSA) is 92.4 Å². The zero-order chi connectivity index (χ0) is 29.9. The van der Waals surface area contributed by atoms with Gasteiger partial charge in [0.2, 0.25) is 0 Å². The third-order valence-electron chi connectivity index (χ3n) is 7.19. The van der Waals surface area contributed by atoms with Gasteiger partial charge in [-0.2, -0.15) is 13.2 Å². The summed E-state index contributed by atoms with van der Waals surface area (Å²) < 4.78 is 72.1. The third kappa shape index (κ3) is 7.27. The largest absolute Gasteiger partial charge is 0.406 e. The van der Waals surface area contributed by atoms with Gasteiger partial charge in [-0.15, -0.1) is 0 Å². The summed E-state index contributed by atoms with van der Waals surface area (Å²) in [6.45, 7) is 2.63. The molecule has 0 amide bonds. The minimum atomic E-state index is -4.41. The number of benzene rings is 2. The molecule has 0 aliphatic carbocycles. The Morgan fingerprint density at radius 1 is 1.10 bits per heavy atom. The molecule has 0 atom stereocenters. The molecule has 8 nitrogen and oxygen atoms in total. The number of likely N-dealkylation sites (tertiary alicyclic amines) is 1. The molecular formula is C30H32F3N5O3S. The third-order valence-corrected chi connectivity index (χ3v) is 8.85. The Kier molecular flexibility index (Phi) is 8.52. The van der Waals surface area contributed by atoms with Crippen LogP contribution in [0.2, 0.25) is 0 Å². The van der Waals surface area contributed by atoms with Gasteiger partial charge in [0.05, 0.1) is 28.3 Å². The first-order valence-corrected chi connectivity index (χ1v) is 15.2. The van der Waals surface area contributed by atoms with E-state index in [-0.39, 0.29) is 28.9 Å². The molecular weight excluding hydrogens is 567 g/mol. The van der Waals surface area contributed by atoms with Crippen molar-refractivity contribution in [2.75, 3.05) is 37.3 Å². The molecule has 0 saturated carbocycles. The second kappa shape index (κ2) is 12.1. The number of rotatable bonds is 8. The van der Waals surface area contributed by atoms with E-state index >= 15 is 0 Å². The number of aromatic nitrogens is 2. The highest BCUT2D eigenvalue weighted by Crippen LogP contribution is 2.31. The van der Waals surface area contributed by atoms with Crippen LogP contribution in [-0.2, 0) is 22.1 Å². The van der Waals surface area contributed by atoms with Crippen LogP contribution in [0.1, 0.15) is 30.0 Å². The second-order valence-corrected chi connectivity index (χ2v) is 12.5. The van der Waals surface area contributed by atoms with Gasteiger partial charge in [-0.3, -0.25) is 0 Å². The van der Waals surface area contributed by atoms with E-state index in [2.05, 4.69) is 39.6 Å². The van der Waals surface area contributed by atoms with Crippen molar-refractivity contribution in [3.8, 4) is 11.8 Å². The zero-order valence-corrected chi connectivity index (χ0v) is 24.1. The molecule has 12 heteroatoms. The van der Waals surface area contributed by atoms with Crippen LogP contribution in [0.15, 0.2) is 64.0 Å². The average Bonchev–Trinajstić information content (AvgIpc) is 3.50. The van der Waals surface area contributed by atoms with Crippen LogP contribution >= 0.6 is 0 Å². The number of hydrogen-bond acceptors (Lipinski definition) is 7. The Morgan fingerprint density at radius 2 is 1.83 bits per heavy atom. The molecule has 2 aromatic heterocycles.